The van der Waals surface area contributed by atoms with Crippen LogP contribution in [0.5, 0.6) is 0 Å². The molecule has 2 heterocycles. The van der Waals surface area contributed by atoms with Crippen molar-refractivity contribution in [2.75, 3.05) is 13.2 Å². The minimum absolute atomic E-state index is 0.533. The van der Waals surface area contributed by atoms with Gasteiger partial charge >= 0.3 is 0 Å². The zero-order chi connectivity index (χ0) is 10.7. The van der Waals surface area contributed by atoms with Gasteiger partial charge in [-0.2, -0.15) is 0 Å². The highest BCUT2D eigenvalue weighted by Crippen LogP contribution is 2.27. The molecule has 5 heteroatoms. The summed E-state index contributed by atoms with van der Waals surface area (Å²) in [6.45, 7) is 3.74. The van der Waals surface area contributed by atoms with Crippen LogP contribution in [0.1, 0.15) is 19.2 Å². The normalized spacial score (nSPS) is 16.4. The number of hydrogen-bond acceptors (Lipinski definition) is 4. The van der Waals surface area contributed by atoms with Gasteiger partial charge in [0, 0.05) is 12.5 Å². The predicted molar refractivity (Wildman–Crippen MR) is 61.5 cm³/mol. The molecule has 0 N–H and O–H groups in total. The fraction of sp³-hybridized carbons (Fsp3) is 0.600. The monoisotopic (exact) mass is 244 g/mol. The highest BCUT2D eigenvalue weighted by molar-refractivity contribution is 8.00. The lowest BCUT2D eigenvalue weighted by atomic mass is 10.3. The van der Waals surface area contributed by atoms with E-state index < -0.39 is 0 Å². The Hall–Kier alpha value is -0.320. The molecule has 15 heavy (non-hydrogen) atoms. The molecule has 0 amide bonds. The molecule has 0 unspecified atom stereocenters. The fourth-order valence-corrected chi connectivity index (χ4v) is 2.56. The number of aromatic nitrogens is 2. The Kier molecular flexibility index (Phi) is 3.83. The van der Waals surface area contributed by atoms with Crippen molar-refractivity contribution in [3.05, 3.63) is 17.0 Å². The van der Waals surface area contributed by atoms with Crippen LogP contribution in [-0.4, -0.2) is 28.4 Å². The van der Waals surface area contributed by atoms with Crippen LogP contribution in [0.2, 0.25) is 5.15 Å². The molecular formula is C10H13ClN2OS. The smallest absolute Gasteiger partial charge is 0.133 e. The summed E-state index contributed by atoms with van der Waals surface area (Å²) in [6.07, 6.45) is 1.92. The van der Waals surface area contributed by atoms with Gasteiger partial charge in [-0.3, -0.25) is 0 Å². The van der Waals surface area contributed by atoms with Gasteiger partial charge in [0.2, 0.25) is 0 Å². The first-order valence-corrected chi connectivity index (χ1v) is 6.31. The maximum absolute atomic E-state index is 5.93. The van der Waals surface area contributed by atoms with Crippen molar-refractivity contribution in [3.8, 4) is 0 Å². The zero-order valence-electron chi connectivity index (χ0n) is 8.57. The second kappa shape index (κ2) is 5.14. The first-order chi connectivity index (χ1) is 7.28. The number of halogens is 1. The molecule has 0 spiro atoms. The van der Waals surface area contributed by atoms with Gasteiger partial charge in [0.05, 0.1) is 18.5 Å². The van der Waals surface area contributed by atoms with Crippen LogP contribution in [0, 0.1) is 0 Å². The van der Waals surface area contributed by atoms with Crippen LogP contribution in [0.3, 0.4) is 0 Å². The van der Waals surface area contributed by atoms with E-state index in [0.717, 1.165) is 36.9 Å². The van der Waals surface area contributed by atoms with Crippen molar-refractivity contribution >= 4 is 23.4 Å². The average molecular weight is 245 g/mol. The van der Waals surface area contributed by atoms with Crippen molar-refractivity contribution in [1.82, 2.24) is 9.97 Å². The van der Waals surface area contributed by atoms with Gasteiger partial charge in [-0.15, -0.1) is 0 Å². The summed E-state index contributed by atoms with van der Waals surface area (Å²) in [5.74, 6) is 0.841. The predicted octanol–water partition coefficient (Wildman–Crippen LogP) is 2.57. The van der Waals surface area contributed by atoms with Crippen LogP contribution in [0.15, 0.2) is 11.1 Å². The number of hydrogen-bond donors (Lipinski definition) is 0. The molecule has 2 rings (SSSR count). The van der Waals surface area contributed by atoms with Gasteiger partial charge in [-0.25, -0.2) is 9.97 Å². The fourth-order valence-electron chi connectivity index (χ4n) is 1.29. The molecule has 0 aromatic carbocycles. The summed E-state index contributed by atoms with van der Waals surface area (Å²) < 4.78 is 5.12. The minimum atomic E-state index is 0.533. The number of ether oxygens (including phenoxy) is 1. The average Bonchev–Trinajstić information content (AvgIpc) is 2.11. The van der Waals surface area contributed by atoms with Crippen LogP contribution in [-0.2, 0) is 11.2 Å². The van der Waals surface area contributed by atoms with E-state index in [4.69, 9.17) is 16.3 Å². The molecule has 0 saturated carbocycles. The number of thioether (sulfide) groups is 1. The van der Waals surface area contributed by atoms with Crippen molar-refractivity contribution in [2.45, 2.75) is 30.0 Å². The van der Waals surface area contributed by atoms with Crippen molar-refractivity contribution < 1.29 is 4.74 Å². The minimum Gasteiger partial charge on any atom is -0.379 e. The van der Waals surface area contributed by atoms with Crippen molar-refractivity contribution in [1.29, 1.82) is 0 Å². The molecule has 0 atom stereocenters. The third-order valence-electron chi connectivity index (χ3n) is 2.09. The molecule has 1 saturated heterocycles. The van der Waals surface area contributed by atoms with Gasteiger partial charge < -0.3 is 4.74 Å². The molecule has 0 aliphatic carbocycles. The summed E-state index contributed by atoms with van der Waals surface area (Å²) in [7, 11) is 0. The quantitative estimate of drug-likeness (QED) is 0.763. The number of aryl methyl sites for hydroxylation is 1. The van der Waals surface area contributed by atoms with E-state index >= 15 is 0 Å². The van der Waals surface area contributed by atoms with Crippen LogP contribution >= 0.6 is 23.4 Å². The molecule has 1 aromatic rings. The van der Waals surface area contributed by atoms with E-state index in [9.17, 15) is 0 Å². The summed E-state index contributed by atoms with van der Waals surface area (Å²) in [6, 6.07) is 1.82. The summed E-state index contributed by atoms with van der Waals surface area (Å²) >= 11 is 7.66. The Morgan fingerprint density at radius 2 is 2.33 bits per heavy atom. The van der Waals surface area contributed by atoms with Crippen LogP contribution in [0.4, 0.5) is 0 Å². The lowest BCUT2D eigenvalue weighted by Gasteiger charge is -2.24. The zero-order valence-corrected chi connectivity index (χ0v) is 10.1. The maximum Gasteiger partial charge on any atom is 0.133 e. The Morgan fingerprint density at radius 1 is 1.53 bits per heavy atom. The Labute approximate surface area is 98.6 Å². The van der Waals surface area contributed by atoms with Gasteiger partial charge in [0.15, 0.2) is 0 Å². The van der Waals surface area contributed by atoms with Gasteiger partial charge in [-0.1, -0.05) is 30.3 Å². The lowest BCUT2D eigenvalue weighted by molar-refractivity contribution is 0.0454. The van der Waals surface area contributed by atoms with Crippen molar-refractivity contribution in [3.63, 3.8) is 0 Å². The second-order valence-corrected chi connectivity index (χ2v) is 5.18. The van der Waals surface area contributed by atoms with Crippen LogP contribution < -0.4 is 0 Å². The number of nitrogens with zero attached hydrogens (tertiary/aromatic N) is 2. The van der Waals surface area contributed by atoms with Gasteiger partial charge in [0.25, 0.3) is 0 Å². The molecule has 0 bridgehead atoms. The third kappa shape index (κ3) is 3.06. The highest BCUT2D eigenvalue weighted by Gasteiger charge is 2.20. The van der Waals surface area contributed by atoms with Gasteiger partial charge in [0.1, 0.15) is 16.0 Å². The van der Waals surface area contributed by atoms with Crippen molar-refractivity contribution in [2.24, 2.45) is 0 Å². The molecule has 1 aliphatic rings. The second-order valence-electron chi connectivity index (χ2n) is 3.47. The maximum atomic E-state index is 5.93. The van der Waals surface area contributed by atoms with E-state index in [2.05, 4.69) is 16.9 Å². The Morgan fingerprint density at radius 3 is 2.93 bits per heavy atom. The van der Waals surface area contributed by atoms with Gasteiger partial charge in [-0.05, 0) is 6.42 Å². The first kappa shape index (κ1) is 11.2. The standard InChI is InChI=1S/C10H13ClN2OS/c1-2-3-9-12-8(11)4-10(13-9)15-7-5-14-6-7/h4,7H,2-3,5-6H2,1H3. The molecule has 82 valence electrons. The summed E-state index contributed by atoms with van der Waals surface area (Å²) in [5.41, 5.74) is 0. The van der Waals surface area contributed by atoms with E-state index in [1.54, 1.807) is 11.8 Å². The first-order valence-electron chi connectivity index (χ1n) is 5.06. The van der Waals surface area contributed by atoms with E-state index in [1.165, 1.54) is 0 Å². The lowest BCUT2D eigenvalue weighted by Crippen LogP contribution is -2.30. The summed E-state index contributed by atoms with van der Waals surface area (Å²) in [4.78, 5) is 8.64. The largest absolute Gasteiger partial charge is 0.379 e. The molecule has 1 aliphatic heterocycles. The molecule has 1 aromatic heterocycles. The molecular weight excluding hydrogens is 232 g/mol. The molecule has 1 fully saturated rings. The highest BCUT2D eigenvalue weighted by atomic mass is 35.5. The molecule has 3 nitrogen and oxygen atoms in total. The van der Waals surface area contributed by atoms with Crippen LogP contribution in [0.25, 0.3) is 0 Å². The Balaban J connectivity index is 2.07. The topological polar surface area (TPSA) is 35.0 Å². The molecule has 0 radical (unpaired) electrons. The third-order valence-corrected chi connectivity index (χ3v) is 3.34. The summed E-state index contributed by atoms with van der Waals surface area (Å²) in [5, 5.41) is 2.04. The van der Waals surface area contributed by atoms with E-state index in [0.29, 0.717) is 10.4 Å². The Bertz CT molecular complexity index is 344. The SMILES string of the molecule is CCCc1nc(Cl)cc(SC2COC2)n1. The van der Waals surface area contributed by atoms with E-state index in [-0.39, 0.29) is 0 Å². The van der Waals surface area contributed by atoms with E-state index in [1.807, 2.05) is 6.07 Å². The number of rotatable bonds is 4.